The first kappa shape index (κ1) is 21.2. The van der Waals surface area contributed by atoms with Gasteiger partial charge in [-0.25, -0.2) is 0 Å². The molecule has 2 aromatic carbocycles. The molecule has 0 fully saturated rings. The fourth-order valence-electron chi connectivity index (χ4n) is 2.36. The molecule has 0 aliphatic carbocycles. The van der Waals surface area contributed by atoms with E-state index in [1.54, 1.807) is 24.3 Å². The second kappa shape index (κ2) is 9.33. The topological polar surface area (TPSA) is 140 Å². The summed E-state index contributed by atoms with van der Waals surface area (Å²) in [5.41, 5.74) is 0.332. The zero-order valence-corrected chi connectivity index (χ0v) is 16.6. The Bertz CT molecular complexity index is 1100. The molecule has 2 N–H and O–H groups in total. The maximum atomic E-state index is 12.1. The number of benzene rings is 2. The maximum Gasteiger partial charge on any atom is 0.316 e. The molecule has 0 aliphatic rings. The lowest BCUT2D eigenvalue weighted by Gasteiger charge is -2.06. The third kappa shape index (κ3) is 5.10. The number of aromatic nitrogens is 2. The van der Waals surface area contributed by atoms with Gasteiger partial charge in [0, 0.05) is 35.3 Å². The Balaban J connectivity index is 1.50. The lowest BCUT2D eigenvalue weighted by atomic mass is 10.2. The Morgan fingerprint density at radius 2 is 1.70 bits per heavy atom. The number of nitro groups is 1. The van der Waals surface area contributed by atoms with Gasteiger partial charge < -0.3 is 15.2 Å². The van der Waals surface area contributed by atoms with E-state index in [1.165, 1.54) is 12.1 Å². The average Bonchev–Trinajstić information content (AvgIpc) is 3.22. The Morgan fingerprint density at radius 3 is 2.37 bits per heavy atom. The molecular formula is C18H13Cl2N5O5. The number of amides is 2. The van der Waals surface area contributed by atoms with Crippen LogP contribution in [0.15, 0.2) is 47.0 Å². The van der Waals surface area contributed by atoms with Crippen molar-refractivity contribution in [3.05, 3.63) is 74.1 Å². The van der Waals surface area contributed by atoms with Gasteiger partial charge in [-0.05, 0) is 36.4 Å². The molecular weight excluding hydrogens is 437 g/mol. The monoisotopic (exact) mass is 449 g/mol. The summed E-state index contributed by atoms with van der Waals surface area (Å²) in [6, 6.07) is 10.4. The van der Waals surface area contributed by atoms with Crippen molar-refractivity contribution in [3.63, 3.8) is 0 Å². The number of nitrogens with zero attached hydrogens (tertiary/aromatic N) is 3. The van der Waals surface area contributed by atoms with E-state index in [0.717, 1.165) is 6.07 Å². The lowest BCUT2D eigenvalue weighted by Crippen LogP contribution is -2.34. The molecule has 0 radical (unpaired) electrons. The fourth-order valence-corrected chi connectivity index (χ4v) is 2.67. The molecule has 0 saturated carbocycles. The molecule has 0 bridgehead atoms. The van der Waals surface area contributed by atoms with Crippen LogP contribution in [0.5, 0.6) is 0 Å². The number of nitro benzene ring substituents is 1. The zero-order chi connectivity index (χ0) is 21.7. The number of nitrogens with one attached hydrogen (secondary N) is 2. The van der Waals surface area contributed by atoms with Crippen molar-refractivity contribution in [3.8, 4) is 11.4 Å². The van der Waals surface area contributed by atoms with Crippen LogP contribution in [-0.4, -0.2) is 40.0 Å². The van der Waals surface area contributed by atoms with Crippen molar-refractivity contribution < 1.29 is 19.0 Å². The summed E-state index contributed by atoms with van der Waals surface area (Å²) in [7, 11) is 0. The number of rotatable bonds is 7. The van der Waals surface area contributed by atoms with E-state index < -0.39 is 16.7 Å². The van der Waals surface area contributed by atoms with E-state index >= 15 is 0 Å². The molecule has 154 valence electrons. The normalized spacial score (nSPS) is 10.5. The highest BCUT2D eigenvalue weighted by Gasteiger charge is 2.17. The van der Waals surface area contributed by atoms with Crippen molar-refractivity contribution in [2.45, 2.75) is 0 Å². The highest BCUT2D eigenvalue weighted by molar-refractivity contribution is 6.32. The van der Waals surface area contributed by atoms with Gasteiger partial charge in [0.25, 0.3) is 11.6 Å². The summed E-state index contributed by atoms with van der Waals surface area (Å²) in [6.07, 6.45) is 0. The van der Waals surface area contributed by atoms with E-state index in [-0.39, 0.29) is 41.1 Å². The van der Waals surface area contributed by atoms with Crippen LogP contribution in [0, 0.1) is 10.1 Å². The van der Waals surface area contributed by atoms with E-state index in [1.807, 2.05) is 0 Å². The van der Waals surface area contributed by atoms with E-state index in [4.69, 9.17) is 27.7 Å². The Kier molecular flexibility index (Phi) is 6.60. The molecule has 0 unspecified atom stereocenters. The number of hydrogen-bond acceptors (Lipinski definition) is 7. The van der Waals surface area contributed by atoms with Crippen molar-refractivity contribution in [2.75, 3.05) is 13.1 Å². The van der Waals surface area contributed by atoms with Gasteiger partial charge in [-0.3, -0.25) is 19.7 Å². The molecule has 30 heavy (non-hydrogen) atoms. The van der Waals surface area contributed by atoms with Crippen LogP contribution in [-0.2, 0) is 0 Å². The molecule has 3 rings (SSSR count). The van der Waals surface area contributed by atoms with Crippen molar-refractivity contribution in [2.24, 2.45) is 0 Å². The minimum absolute atomic E-state index is 0.0682. The molecule has 1 heterocycles. The zero-order valence-electron chi connectivity index (χ0n) is 15.1. The van der Waals surface area contributed by atoms with Gasteiger partial charge in [0.1, 0.15) is 5.02 Å². The highest BCUT2D eigenvalue weighted by Crippen LogP contribution is 2.25. The largest absolute Gasteiger partial charge is 0.350 e. The van der Waals surface area contributed by atoms with Crippen LogP contribution in [0.3, 0.4) is 0 Å². The quantitative estimate of drug-likeness (QED) is 0.320. The molecule has 0 atom stereocenters. The smallest absolute Gasteiger partial charge is 0.316 e. The second-order valence-corrected chi connectivity index (χ2v) is 6.71. The number of carbonyl (C=O) groups excluding carboxylic acids is 2. The van der Waals surface area contributed by atoms with Gasteiger partial charge >= 0.3 is 11.8 Å². The van der Waals surface area contributed by atoms with Gasteiger partial charge in [0.05, 0.1) is 4.92 Å². The molecule has 10 nitrogen and oxygen atoms in total. The maximum absolute atomic E-state index is 12.1. The van der Waals surface area contributed by atoms with Gasteiger partial charge in [0.2, 0.25) is 5.82 Å². The summed E-state index contributed by atoms with van der Waals surface area (Å²) >= 11 is 11.5. The first-order chi connectivity index (χ1) is 14.3. The number of halogens is 2. The Morgan fingerprint density at radius 1 is 1.03 bits per heavy atom. The summed E-state index contributed by atoms with van der Waals surface area (Å²) in [6.45, 7) is 0.137. The molecule has 1 aromatic heterocycles. The van der Waals surface area contributed by atoms with Crippen molar-refractivity contribution in [1.29, 1.82) is 0 Å². The summed E-state index contributed by atoms with van der Waals surface area (Å²) < 4.78 is 4.94. The van der Waals surface area contributed by atoms with Crippen LogP contribution < -0.4 is 10.6 Å². The summed E-state index contributed by atoms with van der Waals surface area (Å²) in [4.78, 5) is 38.4. The minimum atomic E-state index is -0.679. The van der Waals surface area contributed by atoms with E-state index in [2.05, 4.69) is 20.8 Å². The number of carbonyl (C=O) groups is 2. The van der Waals surface area contributed by atoms with E-state index in [9.17, 15) is 19.7 Å². The van der Waals surface area contributed by atoms with Crippen LogP contribution in [0.2, 0.25) is 10.0 Å². The third-order valence-corrected chi connectivity index (χ3v) is 4.40. The Labute approximate surface area is 179 Å². The van der Waals surface area contributed by atoms with Crippen LogP contribution in [0.4, 0.5) is 5.69 Å². The predicted molar refractivity (Wildman–Crippen MR) is 108 cm³/mol. The fraction of sp³-hybridized carbons (Fsp3) is 0.111. The molecule has 2 amide bonds. The van der Waals surface area contributed by atoms with Gasteiger partial charge in [-0.2, -0.15) is 4.98 Å². The van der Waals surface area contributed by atoms with Crippen molar-refractivity contribution in [1.82, 2.24) is 20.8 Å². The van der Waals surface area contributed by atoms with Crippen molar-refractivity contribution >= 4 is 40.7 Å². The first-order valence-electron chi connectivity index (χ1n) is 8.45. The lowest BCUT2D eigenvalue weighted by molar-refractivity contribution is -0.384. The third-order valence-electron chi connectivity index (χ3n) is 3.82. The standard InChI is InChI=1S/C18H13Cl2N5O5/c19-12-4-1-10(2-5-12)15-23-18(30-24-15)17(27)22-8-7-21-16(26)11-3-6-13(20)14(9-11)25(28)29/h1-6,9H,7-8H2,(H,21,26)(H,22,27). The van der Waals surface area contributed by atoms with Crippen LogP contribution >= 0.6 is 23.2 Å². The van der Waals surface area contributed by atoms with Crippen LogP contribution in [0.25, 0.3) is 11.4 Å². The second-order valence-electron chi connectivity index (χ2n) is 5.87. The summed E-state index contributed by atoms with van der Waals surface area (Å²) in [5.74, 6) is -1.17. The van der Waals surface area contributed by atoms with Gasteiger partial charge in [-0.1, -0.05) is 28.4 Å². The highest BCUT2D eigenvalue weighted by atomic mass is 35.5. The molecule has 3 aromatic rings. The number of hydrogen-bond donors (Lipinski definition) is 2. The van der Waals surface area contributed by atoms with Crippen LogP contribution in [0.1, 0.15) is 21.0 Å². The molecule has 12 heteroatoms. The summed E-state index contributed by atoms with van der Waals surface area (Å²) in [5, 5.41) is 20.2. The molecule has 0 aliphatic heterocycles. The average molecular weight is 450 g/mol. The van der Waals surface area contributed by atoms with E-state index in [0.29, 0.717) is 10.6 Å². The first-order valence-corrected chi connectivity index (χ1v) is 9.20. The minimum Gasteiger partial charge on any atom is -0.350 e. The van der Waals surface area contributed by atoms with Gasteiger partial charge in [-0.15, -0.1) is 0 Å². The molecule has 0 spiro atoms. The predicted octanol–water partition coefficient (Wildman–Crippen LogP) is 3.11. The molecule has 0 saturated heterocycles. The van der Waals surface area contributed by atoms with Gasteiger partial charge in [0.15, 0.2) is 0 Å². The Hall–Kier alpha value is -3.50. The SMILES string of the molecule is O=C(NCCNC(=O)c1nc(-c2ccc(Cl)cc2)no1)c1ccc(Cl)c([N+](=O)[O-])c1.